The van der Waals surface area contributed by atoms with Crippen LogP contribution in [0.1, 0.15) is 81.4 Å². The van der Waals surface area contributed by atoms with Gasteiger partial charge < -0.3 is 21.5 Å². The largest absolute Gasteiger partial charge is 0.478 e. The quantitative estimate of drug-likeness (QED) is 0.354. The van der Waals surface area contributed by atoms with Gasteiger partial charge in [-0.1, -0.05) is 38.3 Å². The minimum absolute atomic E-state index is 0.0173. The fourth-order valence-corrected chi connectivity index (χ4v) is 4.58. The summed E-state index contributed by atoms with van der Waals surface area (Å²) >= 11 is 6.07. The first-order chi connectivity index (χ1) is 16.2. The number of carboxylic acid groups (broad SMARTS) is 1. The van der Waals surface area contributed by atoms with Crippen molar-refractivity contribution in [1.29, 1.82) is 0 Å². The molecule has 4 rings (SSSR count). The lowest BCUT2D eigenvalue weighted by Crippen LogP contribution is -2.43. The van der Waals surface area contributed by atoms with E-state index in [1.807, 2.05) is 4.68 Å². The van der Waals surface area contributed by atoms with Crippen molar-refractivity contribution >= 4 is 46.1 Å². The van der Waals surface area contributed by atoms with Crippen molar-refractivity contribution < 1.29 is 9.90 Å². The van der Waals surface area contributed by atoms with E-state index in [-0.39, 0.29) is 34.6 Å². The number of anilines is 3. The highest BCUT2D eigenvalue weighted by atomic mass is 35.5. The van der Waals surface area contributed by atoms with Crippen molar-refractivity contribution in [2.75, 3.05) is 10.6 Å². The normalized spacial score (nSPS) is 18.6. The summed E-state index contributed by atoms with van der Waals surface area (Å²) in [5.41, 5.74) is 9.36. The summed E-state index contributed by atoms with van der Waals surface area (Å²) in [5.74, 6) is 0.0900. The summed E-state index contributed by atoms with van der Waals surface area (Å²) in [4.78, 5) is 21.3. The lowest BCUT2D eigenvalue weighted by atomic mass is 9.91. The van der Waals surface area contributed by atoms with Gasteiger partial charge in [0.15, 0.2) is 5.82 Å². The lowest BCUT2D eigenvalue weighted by Gasteiger charge is -2.29. The predicted octanol–water partition coefficient (Wildman–Crippen LogP) is 5.31. The number of hydrogen-bond donors (Lipinski definition) is 4. The molecular formula is C24H32ClN7O2. The van der Waals surface area contributed by atoms with E-state index in [0.717, 1.165) is 42.4 Å². The molecule has 10 heteroatoms. The number of aromatic nitrogens is 4. The van der Waals surface area contributed by atoms with Gasteiger partial charge in [0.05, 0.1) is 16.3 Å². The van der Waals surface area contributed by atoms with E-state index in [9.17, 15) is 9.90 Å². The molecule has 0 amide bonds. The van der Waals surface area contributed by atoms with Gasteiger partial charge in [-0.15, -0.1) is 0 Å². The van der Waals surface area contributed by atoms with E-state index >= 15 is 0 Å². The Morgan fingerprint density at radius 3 is 2.59 bits per heavy atom. The second-order valence-electron chi connectivity index (χ2n) is 9.50. The van der Waals surface area contributed by atoms with Crippen molar-refractivity contribution in [1.82, 2.24) is 19.7 Å². The minimum Gasteiger partial charge on any atom is -0.478 e. The Kier molecular flexibility index (Phi) is 6.95. The molecule has 3 aromatic rings. The molecule has 1 aliphatic rings. The monoisotopic (exact) mass is 485 g/mol. The molecule has 0 radical (unpaired) electrons. The predicted molar refractivity (Wildman–Crippen MR) is 135 cm³/mol. The Balaban J connectivity index is 1.85. The highest BCUT2D eigenvalue weighted by Gasteiger charge is 2.26. The number of fused-ring (bicyclic) bond motifs is 1. The highest BCUT2D eigenvalue weighted by Crippen LogP contribution is 2.33. The van der Waals surface area contributed by atoms with Crippen LogP contribution in [0.4, 0.5) is 17.5 Å². The van der Waals surface area contributed by atoms with Gasteiger partial charge in [-0.05, 0) is 50.8 Å². The second kappa shape index (κ2) is 9.76. The average Bonchev–Trinajstić information content (AvgIpc) is 3.17. The molecule has 1 saturated carbocycles. The number of nitrogens with zero attached hydrogens (tertiary/aromatic N) is 4. The molecule has 2 atom stereocenters. The summed E-state index contributed by atoms with van der Waals surface area (Å²) < 4.78 is 1.91. The molecular weight excluding hydrogens is 454 g/mol. The third-order valence-electron chi connectivity index (χ3n) is 6.20. The van der Waals surface area contributed by atoms with Crippen molar-refractivity contribution in [3.8, 4) is 0 Å². The number of hydrogen-bond acceptors (Lipinski definition) is 7. The summed E-state index contributed by atoms with van der Waals surface area (Å²) in [7, 11) is 0. The van der Waals surface area contributed by atoms with E-state index in [1.54, 1.807) is 12.1 Å². The van der Waals surface area contributed by atoms with Gasteiger partial charge in [0.2, 0.25) is 5.95 Å². The van der Waals surface area contributed by atoms with Crippen LogP contribution < -0.4 is 16.4 Å². The van der Waals surface area contributed by atoms with Crippen LogP contribution in [0.3, 0.4) is 0 Å². The first kappa shape index (κ1) is 24.2. The van der Waals surface area contributed by atoms with Crippen LogP contribution in [-0.2, 0) is 0 Å². The number of carbonyl (C=O) groups is 1. The number of aromatic carboxylic acids is 1. The van der Waals surface area contributed by atoms with Gasteiger partial charge in [-0.3, -0.25) is 4.68 Å². The molecule has 0 spiro atoms. The van der Waals surface area contributed by atoms with Crippen LogP contribution in [0.25, 0.3) is 11.0 Å². The number of halogens is 1. The zero-order chi connectivity index (χ0) is 24.6. The summed E-state index contributed by atoms with van der Waals surface area (Å²) in [6.07, 6.45) is 4.18. The highest BCUT2D eigenvalue weighted by molar-refractivity contribution is 6.33. The number of carboxylic acids is 1. The van der Waals surface area contributed by atoms with Crippen LogP contribution >= 0.6 is 11.6 Å². The van der Waals surface area contributed by atoms with Gasteiger partial charge in [-0.2, -0.15) is 10.1 Å². The smallest absolute Gasteiger partial charge is 0.337 e. The third kappa shape index (κ3) is 4.81. The van der Waals surface area contributed by atoms with E-state index in [2.05, 4.69) is 38.3 Å². The summed E-state index contributed by atoms with van der Waals surface area (Å²) in [6.45, 7) is 8.28. The van der Waals surface area contributed by atoms with Crippen molar-refractivity contribution in [2.24, 2.45) is 5.73 Å². The standard InChI is InChI=1S/C24H32ClN7O2/c1-12(2)19-20-21(32(31-19)13(3)4)22(27-14-9-10-16(25)15(11-14)23(33)34)30-24(29-20)28-18-8-6-5-7-17(18)26/h9-13,17-18H,5-8,26H2,1-4H3,(H,33,34)(H2,27,28,29,30). The molecule has 2 unspecified atom stereocenters. The van der Waals surface area contributed by atoms with Crippen LogP contribution in [0.2, 0.25) is 5.02 Å². The minimum atomic E-state index is -1.09. The zero-order valence-electron chi connectivity index (χ0n) is 20.0. The molecule has 34 heavy (non-hydrogen) atoms. The van der Waals surface area contributed by atoms with Crippen LogP contribution in [0.5, 0.6) is 0 Å². The van der Waals surface area contributed by atoms with Crippen LogP contribution in [0, 0.1) is 0 Å². The Bertz CT molecular complexity index is 1210. The first-order valence-electron chi connectivity index (χ1n) is 11.8. The van der Waals surface area contributed by atoms with Gasteiger partial charge >= 0.3 is 5.97 Å². The summed E-state index contributed by atoms with van der Waals surface area (Å²) in [5, 5.41) is 21.3. The van der Waals surface area contributed by atoms with E-state index in [0.29, 0.717) is 17.5 Å². The Hall–Kier alpha value is -2.91. The molecule has 2 heterocycles. The van der Waals surface area contributed by atoms with Crippen molar-refractivity contribution in [2.45, 2.75) is 77.4 Å². The fourth-order valence-electron chi connectivity index (χ4n) is 4.39. The Morgan fingerprint density at radius 2 is 1.94 bits per heavy atom. The molecule has 1 aromatic carbocycles. The van der Waals surface area contributed by atoms with Crippen molar-refractivity contribution in [3.63, 3.8) is 0 Å². The maximum atomic E-state index is 11.6. The molecule has 9 nitrogen and oxygen atoms in total. The van der Waals surface area contributed by atoms with Crippen LogP contribution in [0.15, 0.2) is 18.2 Å². The van der Waals surface area contributed by atoms with E-state index in [4.69, 9.17) is 32.4 Å². The van der Waals surface area contributed by atoms with E-state index < -0.39 is 5.97 Å². The topological polar surface area (TPSA) is 131 Å². The molecule has 2 aromatic heterocycles. The number of rotatable bonds is 7. The van der Waals surface area contributed by atoms with Crippen LogP contribution in [-0.4, -0.2) is 42.9 Å². The fraction of sp³-hybridized carbons (Fsp3) is 0.500. The Labute approximate surface area is 204 Å². The first-order valence-corrected chi connectivity index (χ1v) is 12.2. The maximum absolute atomic E-state index is 11.6. The van der Waals surface area contributed by atoms with E-state index in [1.165, 1.54) is 6.07 Å². The number of nitrogens with two attached hydrogens (primary N) is 1. The molecule has 0 saturated heterocycles. The number of benzene rings is 1. The molecule has 1 fully saturated rings. The second-order valence-corrected chi connectivity index (χ2v) is 9.90. The van der Waals surface area contributed by atoms with Crippen molar-refractivity contribution in [3.05, 3.63) is 34.5 Å². The Morgan fingerprint density at radius 1 is 1.21 bits per heavy atom. The maximum Gasteiger partial charge on any atom is 0.337 e. The van der Waals surface area contributed by atoms with Gasteiger partial charge in [0, 0.05) is 23.8 Å². The zero-order valence-corrected chi connectivity index (χ0v) is 20.7. The van der Waals surface area contributed by atoms with Gasteiger partial charge in [0.1, 0.15) is 11.0 Å². The molecule has 5 N–H and O–H groups in total. The van der Waals surface area contributed by atoms with Gasteiger partial charge in [0.25, 0.3) is 0 Å². The molecule has 0 bridgehead atoms. The number of nitrogens with one attached hydrogen (secondary N) is 2. The molecule has 182 valence electrons. The molecule has 0 aliphatic heterocycles. The lowest BCUT2D eigenvalue weighted by molar-refractivity contribution is 0.0697. The summed E-state index contributed by atoms with van der Waals surface area (Å²) in [6, 6.07) is 5.00. The van der Waals surface area contributed by atoms with Gasteiger partial charge in [-0.25, -0.2) is 9.78 Å². The SMILES string of the molecule is CC(C)c1nn(C(C)C)c2c(Nc3ccc(Cl)c(C(=O)O)c3)nc(NC3CCCCC3N)nc12. The molecule has 1 aliphatic carbocycles. The average molecular weight is 486 g/mol. The third-order valence-corrected chi connectivity index (χ3v) is 6.53.